The van der Waals surface area contributed by atoms with Crippen molar-refractivity contribution in [1.29, 1.82) is 0 Å². The molecule has 0 aliphatic heterocycles. The fourth-order valence-electron chi connectivity index (χ4n) is 5.19. The number of benzene rings is 5. The van der Waals surface area contributed by atoms with Gasteiger partial charge in [-0.1, -0.05) is 155 Å². The van der Waals surface area contributed by atoms with Crippen LogP contribution in [0.3, 0.4) is 0 Å². The van der Waals surface area contributed by atoms with Crippen LogP contribution in [0.4, 0.5) is 0 Å². The summed E-state index contributed by atoms with van der Waals surface area (Å²) in [4.78, 5) is 4.89. The van der Waals surface area contributed by atoms with Crippen LogP contribution < -0.4 is 0 Å². The van der Waals surface area contributed by atoms with Crippen LogP contribution >= 0.6 is 15.9 Å². The molecule has 0 unspecified atom stereocenters. The second kappa shape index (κ2) is 10.6. The second-order valence-corrected chi connectivity index (χ2v) is 9.76. The molecule has 6 rings (SSSR count). The van der Waals surface area contributed by atoms with Crippen LogP contribution in [0, 0.1) is 0 Å². The van der Waals surface area contributed by atoms with Crippen LogP contribution in [0.5, 0.6) is 0 Å². The SMILES string of the molecule is BrCc1ccc(-c2ccccc2-c2ncn(C(c3ccccc3)(c3ccccc3)c3ccccc3)n2)cc1. The van der Waals surface area contributed by atoms with E-state index in [2.05, 4.69) is 131 Å². The largest absolute Gasteiger partial charge is 0.233 e. The van der Waals surface area contributed by atoms with E-state index in [1.165, 1.54) is 5.56 Å². The third-order valence-corrected chi connectivity index (χ3v) is 7.64. The summed E-state index contributed by atoms with van der Waals surface area (Å²) in [6.45, 7) is 0. The highest BCUT2D eigenvalue weighted by Crippen LogP contribution is 2.41. The molecule has 0 spiro atoms. The summed E-state index contributed by atoms with van der Waals surface area (Å²) in [7, 11) is 0. The molecular weight excluding hydrogens is 530 g/mol. The van der Waals surface area contributed by atoms with E-state index < -0.39 is 5.54 Å². The molecule has 0 atom stereocenters. The minimum atomic E-state index is -0.693. The van der Waals surface area contributed by atoms with E-state index in [0.717, 1.165) is 38.7 Å². The Balaban J connectivity index is 1.57. The standard InChI is InChI=1S/C34H26BrN3/c35-24-26-20-22-27(23-21-26)31-18-10-11-19-32(31)33-36-25-38(37-33)34(28-12-4-1-5-13-28,29-14-6-2-7-15-29)30-16-8-3-9-17-30/h1-23,25H,24H2. The van der Waals surface area contributed by atoms with Crippen LogP contribution in [0.2, 0.25) is 0 Å². The number of halogens is 1. The quantitative estimate of drug-likeness (QED) is 0.146. The van der Waals surface area contributed by atoms with E-state index in [0.29, 0.717) is 5.82 Å². The Hall–Kier alpha value is -4.28. The maximum absolute atomic E-state index is 5.20. The first-order valence-electron chi connectivity index (χ1n) is 12.6. The van der Waals surface area contributed by atoms with Gasteiger partial charge >= 0.3 is 0 Å². The molecule has 184 valence electrons. The Labute approximate surface area is 231 Å². The molecular formula is C34H26BrN3. The second-order valence-electron chi connectivity index (χ2n) is 9.20. The minimum Gasteiger partial charge on any atom is -0.233 e. The Kier molecular flexibility index (Phi) is 6.72. The molecule has 5 aromatic carbocycles. The van der Waals surface area contributed by atoms with Crippen molar-refractivity contribution in [3.8, 4) is 22.5 Å². The lowest BCUT2D eigenvalue weighted by atomic mass is 9.77. The highest BCUT2D eigenvalue weighted by Gasteiger charge is 2.39. The Morgan fingerprint density at radius 2 is 1.03 bits per heavy atom. The molecule has 4 heteroatoms. The average molecular weight is 557 g/mol. The summed E-state index contributed by atoms with van der Waals surface area (Å²) in [5.41, 5.74) is 7.15. The molecule has 38 heavy (non-hydrogen) atoms. The van der Waals surface area contributed by atoms with Crippen LogP contribution in [-0.4, -0.2) is 14.8 Å². The molecule has 1 heterocycles. The zero-order valence-electron chi connectivity index (χ0n) is 20.8. The van der Waals surface area contributed by atoms with Gasteiger partial charge in [-0.2, -0.15) is 0 Å². The van der Waals surface area contributed by atoms with E-state index in [-0.39, 0.29) is 0 Å². The van der Waals surface area contributed by atoms with Crippen molar-refractivity contribution < 1.29 is 0 Å². The van der Waals surface area contributed by atoms with Gasteiger partial charge in [0.2, 0.25) is 0 Å². The summed E-state index contributed by atoms with van der Waals surface area (Å²) >= 11 is 3.55. The molecule has 0 bridgehead atoms. The Bertz CT molecular complexity index is 1530. The van der Waals surface area contributed by atoms with Gasteiger partial charge in [-0.25, -0.2) is 9.67 Å². The minimum absolute atomic E-state index is 0.692. The van der Waals surface area contributed by atoms with Crippen molar-refractivity contribution in [2.24, 2.45) is 0 Å². The number of aromatic nitrogens is 3. The normalized spacial score (nSPS) is 11.4. The van der Waals surface area contributed by atoms with Gasteiger partial charge in [-0.15, -0.1) is 5.10 Å². The highest BCUT2D eigenvalue weighted by molar-refractivity contribution is 9.08. The molecule has 0 N–H and O–H groups in total. The zero-order valence-corrected chi connectivity index (χ0v) is 22.4. The lowest BCUT2D eigenvalue weighted by Crippen LogP contribution is -2.38. The van der Waals surface area contributed by atoms with E-state index in [1.54, 1.807) is 0 Å². The van der Waals surface area contributed by atoms with Gasteiger partial charge < -0.3 is 0 Å². The lowest BCUT2D eigenvalue weighted by Gasteiger charge is -2.35. The summed E-state index contributed by atoms with van der Waals surface area (Å²) in [6, 6.07) is 48.6. The first-order chi connectivity index (χ1) is 18.8. The van der Waals surface area contributed by atoms with Crippen LogP contribution in [0.25, 0.3) is 22.5 Å². The maximum atomic E-state index is 5.20. The number of rotatable bonds is 7. The molecule has 0 aliphatic rings. The van der Waals surface area contributed by atoms with Crippen molar-refractivity contribution in [1.82, 2.24) is 14.8 Å². The molecule has 6 aromatic rings. The number of hydrogen-bond donors (Lipinski definition) is 0. The van der Waals surface area contributed by atoms with Gasteiger partial charge in [0.25, 0.3) is 0 Å². The van der Waals surface area contributed by atoms with Crippen LogP contribution in [-0.2, 0) is 10.9 Å². The third kappa shape index (κ3) is 4.27. The summed E-state index contributed by atoms with van der Waals surface area (Å²) in [5, 5.41) is 6.03. The first kappa shape index (κ1) is 24.1. The third-order valence-electron chi connectivity index (χ3n) is 7.00. The molecule has 0 aliphatic carbocycles. The van der Waals surface area contributed by atoms with Gasteiger partial charge in [0, 0.05) is 10.9 Å². The average Bonchev–Trinajstić information content (AvgIpc) is 3.50. The molecule has 1 aromatic heterocycles. The van der Waals surface area contributed by atoms with Gasteiger partial charge in [-0.3, -0.25) is 0 Å². The first-order valence-corrected chi connectivity index (χ1v) is 13.8. The fourth-order valence-corrected chi connectivity index (χ4v) is 5.56. The van der Waals surface area contributed by atoms with Gasteiger partial charge in [0.1, 0.15) is 11.9 Å². The van der Waals surface area contributed by atoms with Gasteiger partial charge in [0.05, 0.1) is 0 Å². The lowest BCUT2D eigenvalue weighted by molar-refractivity contribution is 0.459. The Morgan fingerprint density at radius 1 is 0.553 bits per heavy atom. The fraction of sp³-hybridized carbons (Fsp3) is 0.0588. The predicted molar refractivity (Wildman–Crippen MR) is 158 cm³/mol. The number of nitrogens with zero attached hydrogens (tertiary/aromatic N) is 3. The predicted octanol–water partition coefficient (Wildman–Crippen LogP) is 8.35. The van der Waals surface area contributed by atoms with Crippen LogP contribution in [0.1, 0.15) is 22.3 Å². The van der Waals surface area contributed by atoms with Gasteiger partial charge in [-0.05, 0) is 33.4 Å². The van der Waals surface area contributed by atoms with E-state index in [9.17, 15) is 0 Å². The smallest absolute Gasteiger partial charge is 0.181 e. The van der Waals surface area contributed by atoms with Crippen molar-refractivity contribution in [2.45, 2.75) is 10.9 Å². The van der Waals surface area contributed by atoms with Crippen LogP contribution in [0.15, 0.2) is 146 Å². The Morgan fingerprint density at radius 3 is 1.53 bits per heavy atom. The van der Waals surface area contributed by atoms with Crippen molar-refractivity contribution in [2.75, 3.05) is 0 Å². The summed E-state index contributed by atoms with van der Waals surface area (Å²) in [5.74, 6) is 0.692. The molecule has 0 fully saturated rings. The number of alkyl halides is 1. The zero-order chi connectivity index (χ0) is 25.8. The molecule has 0 saturated heterocycles. The van der Waals surface area contributed by atoms with Crippen molar-refractivity contribution in [3.05, 3.63) is 168 Å². The van der Waals surface area contributed by atoms with E-state index in [1.807, 2.05) is 35.3 Å². The molecule has 3 nitrogen and oxygen atoms in total. The monoisotopic (exact) mass is 555 g/mol. The van der Waals surface area contributed by atoms with Gasteiger partial charge in [0.15, 0.2) is 5.82 Å². The van der Waals surface area contributed by atoms with Crippen molar-refractivity contribution in [3.63, 3.8) is 0 Å². The summed E-state index contributed by atoms with van der Waals surface area (Å²) in [6.07, 6.45) is 1.87. The molecule has 0 amide bonds. The highest BCUT2D eigenvalue weighted by atomic mass is 79.9. The molecule has 0 radical (unpaired) electrons. The van der Waals surface area contributed by atoms with Crippen molar-refractivity contribution >= 4 is 15.9 Å². The number of hydrogen-bond acceptors (Lipinski definition) is 2. The molecule has 0 saturated carbocycles. The summed E-state index contributed by atoms with van der Waals surface area (Å²) < 4.78 is 2.02. The maximum Gasteiger partial charge on any atom is 0.181 e. The van der Waals surface area contributed by atoms with E-state index >= 15 is 0 Å². The topological polar surface area (TPSA) is 30.7 Å². The van der Waals surface area contributed by atoms with E-state index in [4.69, 9.17) is 10.1 Å².